The molecule has 1 aromatic heterocycles. The minimum atomic E-state index is -1.99. The van der Waals surface area contributed by atoms with Gasteiger partial charge in [-0.3, -0.25) is 5.10 Å². The fourth-order valence-electron chi connectivity index (χ4n) is 1.71. The molecule has 0 aliphatic heterocycles. The smallest absolute Gasteiger partial charge is 0.339 e. The van der Waals surface area contributed by atoms with Crippen molar-refractivity contribution in [2.45, 2.75) is 58.9 Å². The number of carboxylic acid groups (broad SMARTS) is 1. The molecule has 1 heterocycles. The summed E-state index contributed by atoms with van der Waals surface area (Å²) in [7, 11) is -1.99. The first kappa shape index (κ1) is 16.9. The summed E-state index contributed by atoms with van der Waals surface area (Å²) < 4.78 is 6.40. The van der Waals surface area contributed by atoms with Crippen molar-refractivity contribution in [2.24, 2.45) is 5.92 Å². The number of aromatic carboxylic acids is 1. The predicted octanol–water partition coefficient (Wildman–Crippen LogP) is 3.83. The summed E-state index contributed by atoms with van der Waals surface area (Å²) in [5, 5.41) is 16.0. The Labute approximate surface area is 121 Å². The minimum absolute atomic E-state index is 0.0730. The molecule has 114 valence electrons. The molecule has 0 amide bonds. The van der Waals surface area contributed by atoms with Crippen LogP contribution in [0.5, 0.6) is 0 Å². The summed E-state index contributed by atoms with van der Waals surface area (Å²) in [4.78, 5) is 11.3. The van der Waals surface area contributed by atoms with Crippen molar-refractivity contribution >= 4 is 14.3 Å². The topological polar surface area (TPSA) is 75.2 Å². The molecule has 20 heavy (non-hydrogen) atoms. The van der Waals surface area contributed by atoms with Gasteiger partial charge in [0.1, 0.15) is 5.56 Å². The lowest BCUT2D eigenvalue weighted by Gasteiger charge is -2.40. The van der Waals surface area contributed by atoms with Crippen LogP contribution >= 0.6 is 0 Å². The Bertz CT molecular complexity index is 475. The van der Waals surface area contributed by atoms with Gasteiger partial charge in [0.2, 0.25) is 0 Å². The fraction of sp³-hybridized carbons (Fsp3) is 0.714. The zero-order chi connectivity index (χ0) is 15.7. The predicted molar refractivity (Wildman–Crippen MR) is 81.4 cm³/mol. The molecule has 0 saturated heterocycles. The van der Waals surface area contributed by atoms with Gasteiger partial charge in [-0.05, 0) is 24.1 Å². The van der Waals surface area contributed by atoms with Gasteiger partial charge >= 0.3 is 5.97 Å². The van der Waals surface area contributed by atoms with E-state index in [1.165, 1.54) is 6.20 Å². The summed E-state index contributed by atoms with van der Waals surface area (Å²) in [6.45, 7) is 14.9. The number of carbonyl (C=O) groups is 1. The zero-order valence-electron chi connectivity index (χ0n) is 13.4. The van der Waals surface area contributed by atoms with Crippen molar-refractivity contribution < 1.29 is 14.3 Å². The normalized spacial score (nSPS) is 14.6. The van der Waals surface area contributed by atoms with E-state index in [9.17, 15) is 9.90 Å². The van der Waals surface area contributed by atoms with Crippen LogP contribution < -0.4 is 0 Å². The summed E-state index contributed by atoms with van der Waals surface area (Å²) in [6.07, 6.45) is 1.08. The number of carboxylic acids is 1. The summed E-state index contributed by atoms with van der Waals surface area (Å²) in [6, 6.07) is 0. The highest BCUT2D eigenvalue weighted by Gasteiger charge is 2.41. The molecule has 2 N–H and O–H groups in total. The monoisotopic (exact) mass is 298 g/mol. The molecular formula is C14H26N2O3Si. The number of rotatable bonds is 5. The van der Waals surface area contributed by atoms with Gasteiger partial charge in [0, 0.05) is 0 Å². The van der Waals surface area contributed by atoms with E-state index in [1.54, 1.807) is 0 Å². The Morgan fingerprint density at radius 3 is 2.35 bits per heavy atom. The van der Waals surface area contributed by atoms with Crippen molar-refractivity contribution in [3.8, 4) is 0 Å². The lowest BCUT2D eigenvalue weighted by Crippen LogP contribution is -2.43. The molecule has 0 fully saturated rings. The highest BCUT2D eigenvalue weighted by molar-refractivity contribution is 6.74. The third-order valence-electron chi connectivity index (χ3n) is 4.02. The molecule has 6 heteroatoms. The largest absolute Gasteiger partial charge is 0.478 e. The SMILES string of the molecule is CC(C)C(O[Si](C)(C)C(C)(C)C)c1[nH]ncc1C(=O)O. The number of aromatic amines is 1. The number of nitrogens with one attached hydrogen (secondary N) is 1. The van der Waals surface area contributed by atoms with E-state index in [4.69, 9.17) is 4.43 Å². The van der Waals surface area contributed by atoms with E-state index in [0.717, 1.165) is 0 Å². The lowest BCUT2D eigenvalue weighted by atomic mass is 10.0. The molecule has 0 aliphatic rings. The van der Waals surface area contributed by atoms with Crippen molar-refractivity contribution in [1.82, 2.24) is 10.2 Å². The molecule has 5 nitrogen and oxygen atoms in total. The van der Waals surface area contributed by atoms with Crippen LogP contribution in [0.25, 0.3) is 0 Å². The molecule has 0 aromatic carbocycles. The van der Waals surface area contributed by atoms with Crippen molar-refractivity contribution in [1.29, 1.82) is 0 Å². The van der Waals surface area contributed by atoms with Gasteiger partial charge in [-0.15, -0.1) is 0 Å². The molecule has 1 rings (SSSR count). The van der Waals surface area contributed by atoms with Crippen LogP contribution in [0, 0.1) is 5.92 Å². The van der Waals surface area contributed by atoms with E-state index in [-0.39, 0.29) is 22.6 Å². The second kappa shape index (κ2) is 5.69. The quantitative estimate of drug-likeness (QED) is 0.810. The van der Waals surface area contributed by atoms with Gasteiger partial charge in [0.25, 0.3) is 0 Å². The van der Waals surface area contributed by atoms with Gasteiger partial charge in [-0.2, -0.15) is 5.10 Å². The van der Waals surface area contributed by atoms with Crippen LogP contribution in [0.2, 0.25) is 18.1 Å². The maximum Gasteiger partial charge on any atom is 0.339 e. The Morgan fingerprint density at radius 2 is 1.95 bits per heavy atom. The van der Waals surface area contributed by atoms with Gasteiger partial charge in [-0.1, -0.05) is 34.6 Å². The third-order valence-corrected chi connectivity index (χ3v) is 8.47. The Hall–Kier alpha value is -1.14. The van der Waals surface area contributed by atoms with Crippen LogP contribution in [0.15, 0.2) is 6.20 Å². The van der Waals surface area contributed by atoms with Crippen LogP contribution in [0.3, 0.4) is 0 Å². The second-order valence-electron chi connectivity index (χ2n) is 7.05. The standard InChI is InChI=1S/C14H26N2O3Si/c1-9(2)12(19-20(6,7)14(3,4)5)11-10(13(17)18)8-15-16-11/h8-9,12H,1-7H3,(H,15,16)(H,17,18). The molecule has 0 saturated carbocycles. The first-order valence-corrected chi connectivity index (χ1v) is 9.82. The summed E-state index contributed by atoms with van der Waals surface area (Å²) in [5.74, 6) is -0.805. The molecule has 1 aromatic rings. The first-order chi connectivity index (χ1) is 8.97. The number of aromatic nitrogens is 2. The third kappa shape index (κ3) is 3.49. The minimum Gasteiger partial charge on any atom is -0.478 e. The Kier molecular flexibility index (Phi) is 4.81. The van der Waals surface area contributed by atoms with Gasteiger partial charge in [0.05, 0.1) is 18.0 Å². The molecular weight excluding hydrogens is 272 g/mol. The van der Waals surface area contributed by atoms with E-state index >= 15 is 0 Å². The van der Waals surface area contributed by atoms with Crippen molar-refractivity contribution in [3.05, 3.63) is 17.5 Å². The second-order valence-corrected chi connectivity index (χ2v) is 11.8. The van der Waals surface area contributed by atoms with Gasteiger partial charge in [0.15, 0.2) is 8.32 Å². The van der Waals surface area contributed by atoms with E-state index in [1.807, 2.05) is 13.8 Å². The Morgan fingerprint density at radius 1 is 1.40 bits per heavy atom. The van der Waals surface area contributed by atoms with Crippen LogP contribution in [-0.2, 0) is 4.43 Å². The molecule has 0 bridgehead atoms. The van der Waals surface area contributed by atoms with E-state index in [2.05, 4.69) is 44.1 Å². The summed E-state index contributed by atoms with van der Waals surface area (Å²) >= 11 is 0. The maximum absolute atomic E-state index is 11.3. The Balaban J connectivity index is 3.14. The lowest BCUT2D eigenvalue weighted by molar-refractivity contribution is 0.0684. The number of hydrogen-bond acceptors (Lipinski definition) is 3. The zero-order valence-corrected chi connectivity index (χ0v) is 14.4. The van der Waals surface area contributed by atoms with Crippen LogP contribution in [0.1, 0.15) is 56.8 Å². The fourth-order valence-corrected chi connectivity index (χ4v) is 3.08. The van der Waals surface area contributed by atoms with Crippen LogP contribution in [0.4, 0.5) is 0 Å². The van der Waals surface area contributed by atoms with Crippen molar-refractivity contribution in [3.63, 3.8) is 0 Å². The van der Waals surface area contributed by atoms with Crippen molar-refractivity contribution in [2.75, 3.05) is 0 Å². The maximum atomic E-state index is 11.3. The van der Waals surface area contributed by atoms with E-state index < -0.39 is 14.3 Å². The molecule has 0 spiro atoms. The van der Waals surface area contributed by atoms with Crippen LogP contribution in [-0.4, -0.2) is 29.6 Å². The molecule has 0 aliphatic carbocycles. The number of nitrogens with zero attached hydrogens (tertiary/aromatic N) is 1. The average molecular weight is 298 g/mol. The molecule has 1 atom stereocenters. The van der Waals surface area contributed by atoms with Gasteiger partial charge < -0.3 is 9.53 Å². The number of H-pyrrole nitrogens is 1. The molecule has 1 unspecified atom stereocenters. The van der Waals surface area contributed by atoms with Gasteiger partial charge in [-0.25, -0.2) is 4.79 Å². The van der Waals surface area contributed by atoms with E-state index in [0.29, 0.717) is 5.69 Å². The summed E-state index contributed by atoms with van der Waals surface area (Å²) in [5.41, 5.74) is 0.764. The first-order valence-electron chi connectivity index (χ1n) is 6.91. The number of hydrogen-bond donors (Lipinski definition) is 2. The highest BCUT2D eigenvalue weighted by atomic mass is 28.4. The molecule has 0 radical (unpaired) electrons. The average Bonchev–Trinajstić information content (AvgIpc) is 2.72. The highest BCUT2D eigenvalue weighted by Crippen LogP contribution is 2.41.